The van der Waals surface area contributed by atoms with Crippen LogP contribution in [0.25, 0.3) is 0 Å². The minimum Gasteiger partial charge on any atom is -0.381 e. The van der Waals surface area contributed by atoms with E-state index in [1.54, 1.807) is 48.5 Å². The van der Waals surface area contributed by atoms with Crippen molar-refractivity contribution in [2.45, 2.75) is 95.7 Å². The van der Waals surface area contributed by atoms with Gasteiger partial charge in [-0.15, -0.1) is 8.80 Å². The first-order chi connectivity index (χ1) is 28.8. The number of fused-ring (bicyclic) bond motifs is 2. The van der Waals surface area contributed by atoms with Crippen LogP contribution in [0.4, 0.5) is 11.6 Å². The number of nitrogens with one attached hydrogen (secondary N) is 1. The van der Waals surface area contributed by atoms with Crippen molar-refractivity contribution in [3.8, 4) is 0 Å². The molecule has 2 aromatic heterocycles. The second-order valence-corrected chi connectivity index (χ2v) is 19.9. The molecule has 5 N–H and O–H groups in total. The Morgan fingerprint density at radius 3 is 1.50 bits per heavy atom. The summed E-state index contributed by atoms with van der Waals surface area (Å²) in [7, 11) is -7.97. The number of aromatic amines is 1. The zero-order valence-corrected chi connectivity index (χ0v) is 36.5. The number of amidine groups is 2. The molecule has 14 nitrogen and oxygen atoms in total. The van der Waals surface area contributed by atoms with Crippen LogP contribution in [0.5, 0.6) is 0 Å². The van der Waals surface area contributed by atoms with Gasteiger partial charge in [0.05, 0.1) is 13.1 Å². The highest BCUT2D eigenvalue weighted by molar-refractivity contribution is 7.92. The number of rotatable bonds is 8. The summed E-state index contributed by atoms with van der Waals surface area (Å²) in [5.41, 5.74) is 15.8. The SMILES string of the molecule is NC1=NS(=O)(=O)N(Cc2ccc(Cl)cc2)c2nc(C3CCCCC3)[nH]c21.NC1=NS(=O)(=O)N(Cc2ccc(Cl)cc2)c2nc(C3CCCCC3)n(Cc3ccc(Cl)cc3)c21. The van der Waals surface area contributed by atoms with Crippen molar-refractivity contribution in [3.63, 3.8) is 0 Å². The molecule has 3 aromatic carbocycles. The van der Waals surface area contributed by atoms with Crippen molar-refractivity contribution in [2.24, 2.45) is 20.3 Å². The number of nitrogens with two attached hydrogens (primary N) is 2. The van der Waals surface area contributed by atoms with E-state index in [1.165, 1.54) is 21.5 Å². The van der Waals surface area contributed by atoms with E-state index in [9.17, 15) is 16.8 Å². The van der Waals surface area contributed by atoms with Gasteiger partial charge in [0.2, 0.25) is 0 Å². The fourth-order valence-electron chi connectivity index (χ4n) is 8.28. The smallest absolute Gasteiger partial charge is 0.348 e. The maximum atomic E-state index is 13.1. The number of hydrogen-bond acceptors (Lipinski definition) is 8. The van der Waals surface area contributed by atoms with E-state index in [-0.39, 0.29) is 30.7 Å². The van der Waals surface area contributed by atoms with Gasteiger partial charge >= 0.3 is 20.4 Å². The van der Waals surface area contributed by atoms with Crippen LogP contribution in [0.3, 0.4) is 0 Å². The van der Waals surface area contributed by atoms with Crippen LogP contribution in [0.15, 0.2) is 81.6 Å². The van der Waals surface area contributed by atoms with Crippen LogP contribution >= 0.6 is 34.8 Å². The molecule has 0 spiro atoms. The molecule has 0 unspecified atom stereocenters. The van der Waals surface area contributed by atoms with Gasteiger partial charge in [-0.1, -0.05) is 110 Å². The zero-order chi connectivity index (χ0) is 42.2. The Kier molecular flexibility index (Phi) is 12.2. The number of nitrogens with zero attached hydrogens (tertiary/aromatic N) is 7. The van der Waals surface area contributed by atoms with Gasteiger partial charge in [-0.05, 0) is 78.8 Å². The highest BCUT2D eigenvalue weighted by Gasteiger charge is 2.38. The second-order valence-electron chi connectivity index (χ2n) is 15.5. The van der Waals surface area contributed by atoms with Crippen molar-refractivity contribution in [1.82, 2.24) is 19.5 Å². The van der Waals surface area contributed by atoms with Crippen LogP contribution in [0.2, 0.25) is 15.1 Å². The molecule has 60 heavy (non-hydrogen) atoms. The van der Waals surface area contributed by atoms with Crippen LogP contribution in [0, 0.1) is 0 Å². The summed E-state index contributed by atoms with van der Waals surface area (Å²) < 4.78 is 63.5. The molecule has 2 saturated carbocycles. The number of hydrogen-bond donors (Lipinski definition) is 3. The molecule has 0 bridgehead atoms. The van der Waals surface area contributed by atoms with E-state index in [0.717, 1.165) is 79.7 Å². The van der Waals surface area contributed by atoms with E-state index in [1.807, 2.05) is 28.8 Å². The predicted octanol–water partition coefficient (Wildman–Crippen LogP) is 8.34. The molecule has 0 atom stereocenters. The summed E-state index contributed by atoms with van der Waals surface area (Å²) in [4.78, 5) is 12.8. The number of H-pyrrole nitrogens is 1. The summed E-state index contributed by atoms with van der Waals surface area (Å²) in [5.74, 6) is 2.78. The first-order valence-corrected chi connectivity index (χ1v) is 23.9. The fraction of sp³-hybridized carbons (Fsp3) is 0.366. The Balaban J connectivity index is 0.000000172. The predicted molar refractivity (Wildman–Crippen MR) is 238 cm³/mol. The maximum absolute atomic E-state index is 13.1. The van der Waals surface area contributed by atoms with Gasteiger partial charge in [0.15, 0.2) is 23.3 Å². The van der Waals surface area contributed by atoms with Crippen molar-refractivity contribution in [3.05, 3.63) is 128 Å². The van der Waals surface area contributed by atoms with Crippen molar-refractivity contribution in [1.29, 1.82) is 0 Å². The van der Waals surface area contributed by atoms with Gasteiger partial charge in [-0.2, -0.15) is 16.8 Å². The lowest BCUT2D eigenvalue weighted by Gasteiger charge is -2.25. The van der Waals surface area contributed by atoms with Gasteiger partial charge in [0, 0.05) is 33.4 Å². The molecule has 2 aliphatic heterocycles. The monoisotopic (exact) mass is 910 g/mol. The summed E-state index contributed by atoms with van der Waals surface area (Å²) in [6.45, 7) is 0.708. The third kappa shape index (κ3) is 9.03. The highest BCUT2D eigenvalue weighted by Crippen LogP contribution is 2.39. The molecule has 4 heterocycles. The summed E-state index contributed by atoms with van der Waals surface area (Å²) in [6.07, 6.45) is 11.1. The Morgan fingerprint density at radius 2 is 1.00 bits per heavy atom. The van der Waals surface area contributed by atoms with Crippen molar-refractivity contribution < 1.29 is 16.8 Å². The zero-order valence-electron chi connectivity index (χ0n) is 32.6. The lowest BCUT2D eigenvalue weighted by Crippen LogP contribution is -2.37. The Morgan fingerprint density at radius 1 is 0.567 bits per heavy atom. The van der Waals surface area contributed by atoms with Crippen LogP contribution < -0.4 is 20.1 Å². The lowest BCUT2D eigenvalue weighted by molar-refractivity contribution is 0.418. The molecule has 2 fully saturated rings. The van der Waals surface area contributed by atoms with E-state index in [0.29, 0.717) is 50.6 Å². The lowest BCUT2D eigenvalue weighted by atomic mass is 9.88. The number of halogens is 3. The molecule has 0 radical (unpaired) electrons. The Labute approximate surface area is 365 Å². The average Bonchev–Trinajstić information content (AvgIpc) is 3.84. The van der Waals surface area contributed by atoms with Gasteiger partial charge in [-0.25, -0.2) is 18.6 Å². The molecular formula is C41H45Cl3N10O4S2. The first kappa shape index (κ1) is 42.1. The van der Waals surface area contributed by atoms with Crippen molar-refractivity contribution >= 4 is 78.5 Å². The first-order valence-electron chi connectivity index (χ1n) is 20.0. The van der Waals surface area contributed by atoms with Gasteiger partial charge in [-0.3, -0.25) is 0 Å². The van der Waals surface area contributed by atoms with E-state index in [2.05, 4.69) is 18.8 Å². The standard InChI is InChI=1S/C24H25Cl2N5O2S.C17H20ClN5O2S/c25-19-10-6-16(7-11-19)14-30-21-22(27)29-34(32,33)31(15-17-8-12-20(26)13-9-17)24(21)28-23(30)18-4-2-1-3-5-18;18-13-8-6-11(7-9-13)10-23-17-14(15(19)22-26(23,24)25)20-16(21-17)12-4-2-1-3-5-12/h6-13,18H,1-5,14-15H2,(H2,27,29);6-9,12H,1-5,10H2,(H2,19,22)(H,20,21). The molecule has 4 aliphatic rings. The third-order valence-corrected chi connectivity index (χ3v) is 14.7. The minimum atomic E-state index is -4.04. The van der Waals surface area contributed by atoms with Crippen molar-refractivity contribution in [2.75, 3.05) is 8.61 Å². The van der Waals surface area contributed by atoms with Crippen LogP contribution in [-0.4, -0.2) is 48.0 Å². The quantitative estimate of drug-likeness (QED) is 0.138. The van der Waals surface area contributed by atoms with E-state index >= 15 is 0 Å². The second kappa shape index (κ2) is 17.4. The van der Waals surface area contributed by atoms with Gasteiger partial charge in [0.1, 0.15) is 23.0 Å². The van der Waals surface area contributed by atoms with E-state index < -0.39 is 20.4 Å². The number of anilines is 2. The molecule has 9 rings (SSSR count). The average molecular weight is 912 g/mol. The molecule has 0 amide bonds. The minimum absolute atomic E-state index is 0.0362. The normalized spacial score (nSPS) is 18.8. The van der Waals surface area contributed by atoms with E-state index in [4.69, 9.17) is 51.3 Å². The van der Waals surface area contributed by atoms with Gasteiger partial charge < -0.3 is 21.0 Å². The van der Waals surface area contributed by atoms with Gasteiger partial charge in [0.25, 0.3) is 0 Å². The third-order valence-electron chi connectivity index (χ3n) is 11.3. The summed E-state index contributed by atoms with van der Waals surface area (Å²) >= 11 is 18.0. The molecule has 19 heteroatoms. The highest BCUT2D eigenvalue weighted by atomic mass is 35.5. The number of benzene rings is 3. The Bertz CT molecular complexity index is 2640. The molecule has 5 aromatic rings. The Hall–Kier alpha value is -4.61. The maximum Gasteiger partial charge on any atom is 0.348 e. The molecular weight excluding hydrogens is 867 g/mol. The topological polar surface area (TPSA) is 198 Å². The number of aromatic nitrogens is 4. The molecule has 316 valence electrons. The largest absolute Gasteiger partial charge is 0.381 e. The fourth-order valence-corrected chi connectivity index (χ4v) is 10.8. The number of imidazole rings is 2. The summed E-state index contributed by atoms with van der Waals surface area (Å²) in [6, 6.07) is 21.7. The summed E-state index contributed by atoms with van der Waals surface area (Å²) in [5, 5.41) is 1.84. The molecule has 0 saturated heterocycles. The molecule has 2 aliphatic carbocycles. The van der Waals surface area contributed by atoms with Crippen LogP contribution in [-0.2, 0) is 40.1 Å². The van der Waals surface area contributed by atoms with Crippen LogP contribution in [0.1, 0.15) is 116 Å².